The molecule has 0 aromatic heterocycles. The third-order valence-corrected chi connectivity index (χ3v) is 2.86. The minimum atomic E-state index is -0.167. The van der Waals surface area contributed by atoms with E-state index < -0.39 is 0 Å². The van der Waals surface area contributed by atoms with Gasteiger partial charge in [-0.3, -0.25) is 4.79 Å². The monoisotopic (exact) mass is 250 g/mol. The summed E-state index contributed by atoms with van der Waals surface area (Å²) >= 11 is 0. The predicted octanol–water partition coefficient (Wildman–Crippen LogP) is 1.30. The number of amides is 1. The average Bonchev–Trinajstić information content (AvgIpc) is 2.38. The first-order valence-electron chi connectivity index (χ1n) is 6.26. The molecular formula is C14H22N2O2. The summed E-state index contributed by atoms with van der Waals surface area (Å²) in [5, 5.41) is 2.81. The van der Waals surface area contributed by atoms with Crippen molar-refractivity contribution in [2.45, 2.75) is 26.5 Å². The van der Waals surface area contributed by atoms with E-state index in [0.717, 1.165) is 5.56 Å². The molecule has 2 atom stereocenters. The molecule has 1 amide bonds. The van der Waals surface area contributed by atoms with Crippen LogP contribution < -0.4 is 11.1 Å². The maximum Gasteiger partial charge on any atom is 0.224 e. The number of nitrogens with one attached hydrogen (secondary N) is 1. The molecule has 1 aromatic rings. The van der Waals surface area contributed by atoms with E-state index in [4.69, 9.17) is 10.5 Å². The highest BCUT2D eigenvalue weighted by atomic mass is 16.5. The fraction of sp³-hybridized carbons (Fsp3) is 0.500. The molecule has 0 spiro atoms. The van der Waals surface area contributed by atoms with Gasteiger partial charge in [0.1, 0.15) is 0 Å². The van der Waals surface area contributed by atoms with Gasteiger partial charge in [-0.2, -0.15) is 0 Å². The summed E-state index contributed by atoms with van der Waals surface area (Å²) in [6.45, 7) is 5.25. The van der Waals surface area contributed by atoms with Crippen molar-refractivity contribution in [2.24, 2.45) is 11.7 Å². The van der Waals surface area contributed by atoms with E-state index in [1.165, 1.54) is 0 Å². The van der Waals surface area contributed by atoms with Crippen LogP contribution in [-0.4, -0.2) is 25.1 Å². The van der Waals surface area contributed by atoms with Crippen LogP contribution in [0.15, 0.2) is 30.3 Å². The van der Waals surface area contributed by atoms with E-state index in [9.17, 15) is 4.79 Å². The number of carbonyl (C=O) groups is 1. The first kappa shape index (κ1) is 14.7. The normalized spacial score (nSPS) is 13.9. The van der Waals surface area contributed by atoms with Crippen LogP contribution in [0.25, 0.3) is 0 Å². The predicted molar refractivity (Wildman–Crippen MR) is 71.9 cm³/mol. The molecule has 1 aromatic carbocycles. The molecule has 2 unspecified atom stereocenters. The molecular weight excluding hydrogens is 228 g/mol. The molecule has 0 radical (unpaired) electrons. The minimum absolute atomic E-state index is 0.0201. The fourth-order valence-electron chi connectivity index (χ4n) is 1.41. The summed E-state index contributed by atoms with van der Waals surface area (Å²) in [4.78, 5) is 11.6. The summed E-state index contributed by atoms with van der Waals surface area (Å²) in [6, 6.07) is 9.82. The van der Waals surface area contributed by atoms with Gasteiger partial charge in [-0.25, -0.2) is 0 Å². The van der Waals surface area contributed by atoms with Crippen molar-refractivity contribution in [1.82, 2.24) is 5.32 Å². The summed E-state index contributed by atoms with van der Waals surface area (Å²) in [5.74, 6) is -0.188. The maximum absolute atomic E-state index is 11.6. The van der Waals surface area contributed by atoms with Crippen LogP contribution in [0, 0.1) is 5.92 Å². The zero-order valence-electron chi connectivity index (χ0n) is 11.1. The van der Waals surface area contributed by atoms with Gasteiger partial charge in [-0.05, 0) is 12.5 Å². The number of nitrogens with two attached hydrogens (primary N) is 1. The number of ether oxygens (including phenoxy) is 1. The highest BCUT2D eigenvalue weighted by Gasteiger charge is 2.15. The molecule has 4 heteroatoms. The average molecular weight is 250 g/mol. The molecule has 0 bridgehead atoms. The Labute approximate surface area is 109 Å². The second-order valence-corrected chi connectivity index (χ2v) is 4.48. The van der Waals surface area contributed by atoms with E-state index in [1.807, 2.05) is 44.2 Å². The van der Waals surface area contributed by atoms with Gasteiger partial charge in [0.25, 0.3) is 0 Å². The van der Waals surface area contributed by atoms with E-state index in [1.54, 1.807) is 0 Å². The van der Waals surface area contributed by atoms with Crippen molar-refractivity contribution in [1.29, 1.82) is 0 Å². The summed E-state index contributed by atoms with van der Waals surface area (Å²) in [6.07, 6.45) is 0. The second-order valence-electron chi connectivity index (χ2n) is 4.48. The molecule has 0 aliphatic rings. The zero-order valence-corrected chi connectivity index (χ0v) is 11.1. The number of benzene rings is 1. The van der Waals surface area contributed by atoms with Gasteiger partial charge in [0, 0.05) is 18.5 Å². The van der Waals surface area contributed by atoms with Crippen molar-refractivity contribution < 1.29 is 9.53 Å². The van der Waals surface area contributed by atoms with Crippen LogP contribution in [0.2, 0.25) is 0 Å². The van der Waals surface area contributed by atoms with Gasteiger partial charge in [-0.15, -0.1) is 0 Å². The van der Waals surface area contributed by atoms with Crippen LogP contribution in [0.3, 0.4) is 0 Å². The van der Waals surface area contributed by atoms with Gasteiger partial charge in [0.05, 0.1) is 13.2 Å². The van der Waals surface area contributed by atoms with Crippen LogP contribution in [0.5, 0.6) is 0 Å². The summed E-state index contributed by atoms with van der Waals surface area (Å²) in [7, 11) is 0. The van der Waals surface area contributed by atoms with Crippen molar-refractivity contribution in [3.05, 3.63) is 35.9 Å². The second kappa shape index (κ2) is 7.84. The van der Waals surface area contributed by atoms with Crippen LogP contribution >= 0.6 is 0 Å². The number of hydrogen-bond donors (Lipinski definition) is 2. The molecule has 0 aliphatic heterocycles. The number of rotatable bonds is 7. The highest BCUT2D eigenvalue weighted by Crippen LogP contribution is 2.00. The Hall–Kier alpha value is -1.39. The summed E-state index contributed by atoms with van der Waals surface area (Å²) < 4.78 is 5.46. The Morgan fingerprint density at radius 1 is 1.33 bits per heavy atom. The molecule has 0 saturated heterocycles. The van der Waals surface area contributed by atoms with Gasteiger partial charge >= 0.3 is 0 Å². The van der Waals surface area contributed by atoms with Crippen molar-refractivity contribution in [3.8, 4) is 0 Å². The Morgan fingerprint density at radius 3 is 2.61 bits per heavy atom. The number of hydrogen-bond acceptors (Lipinski definition) is 3. The Morgan fingerprint density at radius 2 is 2.00 bits per heavy atom. The van der Waals surface area contributed by atoms with Crippen molar-refractivity contribution >= 4 is 5.91 Å². The quantitative estimate of drug-likeness (QED) is 0.717. The van der Waals surface area contributed by atoms with E-state index in [2.05, 4.69) is 5.32 Å². The Balaban J connectivity index is 2.11. The number of carbonyl (C=O) groups excluding carboxylic acids is 1. The molecule has 0 fully saturated rings. The lowest BCUT2D eigenvalue weighted by molar-refractivity contribution is -0.125. The summed E-state index contributed by atoms with van der Waals surface area (Å²) in [5.41, 5.74) is 6.78. The van der Waals surface area contributed by atoms with Crippen molar-refractivity contribution in [2.75, 3.05) is 13.2 Å². The van der Waals surface area contributed by atoms with Gasteiger partial charge in [0.2, 0.25) is 5.91 Å². The molecule has 0 heterocycles. The topological polar surface area (TPSA) is 64.4 Å². The molecule has 0 aliphatic carbocycles. The lowest BCUT2D eigenvalue weighted by Gasteiger charge is -2.15. The first-order valence-corrected chi connectivity index (χ1v) is 6.26. The molecule has 4 nitrogen and oxygen atoms in total. The van der Waals surface area contributed by atoms with E-state index in [-0.39, 0.29) is 17.9 Å². The smallest absolute Gasteiger partial charge is 0.224 e. The SMILES string of the molecule is CC(N)C(C)C(=O)NCCOCc1ccccc1. The minimum Gasteiger partial charge on any atom is -0.375 e. The molecule has 3 N–H and O–H groups in total. The van der Waals surface area contributed by atoms with Crippen LogP contribution in [0.1, 0.15) is 19.4 Å². The molecule has 1 rings (SSSR count). The fourth-order valence-corrected chi connectivity index (χ4v) is 1.41. The first-order chi connectivity index (χ1) is 8.61. The van der Waals surface area contributed by atoms with Gasteiger partial charge in [-0.1, -0.05) is 37.3 Å². The third kappa shape index (κ3) is 5.29. The Kier molecular flexibility index (Phi) is 6.39. The van der Waals surface area contributed by atoms with E-state index >= 15 is 0 Å². The lowest BCUT2D eigenvalue weighted by atomic mass is 10.0. The third-order valence-electron chi connectivity index (χ3n) is 2.86. The maximum atomic E-state index is 11.6. The highest BCUT2D eigenvalue weighted by molar-refractivity contribution is 5.78. The molecule has 0 saturated carbocycles. The zero-order chi connectivity index (χ0) is 13.4. The van der Waals surface area contributed by atoms with Gasteiger partial charge < -0.3 is 15.8 Å². The van der Waals surface area contributed by atoms with E-state index in [0.29, 0.717) is 19.8 Å². The standard InChI is InChI=1S/C14H22N2O2/c1-11(12(2)15)14(17)16-8-9-18-10-13-6-4-3-5-7-13/h3-7,11-12H,8-10,15H2,1-2H3,(H,16,17). The lowest BCUT2D eigenvalue weighted by Crippen LogP contribution is -2.39. The van der Waals surface area contributed by atoms with Crippen LogP contribution in [-0.2, 0) is 16.1 Å². The van der Waals surface area contributed by atoms with Gasteiger partial charge in [0.15, 0.2) is 0 Å². The largest absolute Gasteiger partial charge is 0.375 e. The molecule has 100 valence electrons. The van der Waals surface area contributed by atoms with Crippen LogP contribution in [0.4, 0.5) is 0 Å². The Bertz CT molecular complexity index is 352. The molecule has 18 heavy (non-hydrogen) atoms. The van der Waals surface area contributed by atoms with Crippen molar-refractivity contribution in [3.63, 3.8) is 0 Å².